The van der Waals surface area contributed by atoms with Crippen LogP contribution in [0.2, 0.25) is 0 Å². The Morgan fingerprint density at radius 2 is 1.08 bits per heavy atom. The van der Waals surface area contributed by atoms with Crippen molar-refractivity contribution < 1.29 is 88.5 Å². The second kappa shape index (κ2) is 35.5. The SMILES string of the molecule is O=C(O)CC[C@@H](NC(=O)N[C@H](CCCCCN(Cc1nccc2ccccc12)C(=O)c1ccc(CNC(=O)CCCCNC(=O)CCC(C(=O)O)N2CCN(CC(=O)O)CCN(CC(=O)O)CCN(CC(=O)O)CC2)cc1)C(=O)O)C(=O)O. The second-order valence-electron chi connectivity index (χ2n) is 20.1. The maximum absolute atomic E-state index is 14.1. The first-order chi connectivity index (χ1) is 39.6. The predicted octanol–water partition coefficient (Wildman–Crippen LogP) is 1.12. The summed E-state index contributed by atoms with van der Waals surface area (Å²) in [5.41, 5.74) is 1.73. The lowest BCUT2D eigenvalue weighted by Gasteiger charge is -2.35. The summed E-state index contributed by atoms with van der Waals surface area (Å²) in [4.78, 5) is 147. The average molecular weight is 1170 g/mol. The van der Waals surface area contributed by atoms with Crippen LogP contribution in [0.25, 0.3) is 10.8 Å². The van der Waals surface area contributed by atoms with E-state index in [4.69, 9.17) is 5.11 Å². The van der Waals surface area contributed by atoms with Crippen LogP contribution in [-0.4, -0.2) is 234 Å². The van der Waals surface area contributed by atoms with Crippen LogP contribution in [0.3, 0.4) is 0 Å². The normalized spacial score (nSPS) is 15.0. The fourth-order valence-corrected chi connectivity index (χ4v) is 9.32. The molecule has 3 atom stereocenters. The third-order valence-corrected chi connectivity index (χ3v) is 13.8. The van der Waals surface area contributed by atoms with Gasteiger partial charge in [-0.25, -0.2) is 14.4 Å². The Balaban J connectivity index is 1.25. The minimum Gasteiger partial charge on any atom is -0.481 e. The monoisotopic (exact) mass is 1160 g/mol. The van der Waals surface area contributed by atoms with Crippen molar-refractivity contribution in [2.45, 2.75) is 102 Å². The largest absolute Gasteiger partial charge is 0.481 e. The fraction of sp³-hybridized carbons (Fsp3) is 0.527. The van der Waals surface area contributed by atoms with Crippen molar-refractivity contribution in [3.05, 3.63) is 77.6 Å². The summed E-state index contributed by atoms with van der Waals surface area (Å²) in [6, 6.07) is 11.0. The van der Waals surface area contributed by atoms with Crippen LogP contribution < -0.4 is 21.3 Å². The molecule has 454 valence electrons. The summed E-state index contributed by atoms with van der Waals surface area (Å²) in [5, 5.41) is 78.5. The lowest BCUT2D eigenvalue weighted by molar-refractivity contribution is -0.145. The zero-order valence-electron chi connectivity index (χ0n) is 46.2. The highest BCUT2D eigenvalue weighted by Crippen LogP contribution is 2.21. The third-order valence-electron chi connectivity index (χ3n) is 13.8. The standard InChI is InChI=1S/C55H76N10O18/c66-45(11-5-6-21-57-46(67)18-17-44(54(81)82)64-30-28-62(35-49(72)73)26-24-61(34-48(70)71)25-27-63(29-31-64)36-50(74)75)58-32-37-12-14-39(15-13-37)51(76)65(33-43-40-9-4-3-8-38(40)20-22-56-43)23-7-1-2-10-41(52(77)78)59-55(83)60-42(53(79)80)16-19-47(68)69/h3-4,8-9,12-15,20,22,41-42,44H,1-2,5-7,10-11,16-19,21,23-36H2,(H,57,67)(H,58,66)(H,68,69)(H,70,71)(H,72,73)(H,74,75)(H,77,78)(H,79,80)(H,81,82)(H2,59,60,83)/t41-,42-,44?/m1/s1. The number of fused-ring (bicyclic) bond motifs is 1. The van der Waals surface area contributed by atoms with E-state index in [0.29, 0.717) is 48.9 Å². The van der Waals surface area contributed by atoms with Gasteiger partial charge in [-0.1, -0.05) is 49.2 Å². The zero-order valence-corrected chi connectivity index (χ0v) is 46.2. The molecule has 1 saturated heterocycles. The van der Waals surface area contributed by atoms with Gasteiger partial charge in [0, 0.05) is 108 Å². The molecule has 28 nitrogen and oxygen atoms in total. The highest BCUT2D eigenvalue weighted by molar-refractivity contribution is 5.95. The molecule has 2 heterocycles. The summed E-state index contributed by atoms with van der Waals surface area (Å²) in [6.07, 6.45) is 2.63. The average Bonchev–Trinajstić information content (AvgIpc) is 3.61. The Kier molecular flexibility index (Phi) is 28.7. The minimum absolute atomic E-state index is 0.0183. The first-order valence-electron chi connectivity index (χ1n) is 27.4. The van der Waals surface area contributed by atoms with E-state index in [-0.39, 0.29) is 136 Å². The molecule has 83 heavy (non-hydrogen) atoms. The van der Waals surface area contributed by atoms with Crippen LogP contribution in [0.15, 0.2) is 60.8 Å². The topological polar surface area (TPSA) is 407 Å². The fourth-order valence-electron chi connectivity index (χ4n) is 9.32. The van der Waals surface area contributed by atoms with E-state index in [0.717, 1.165) is 10.8 Å². The predicted molar refractivity (Wildman–Crippen MR) is 296 cm³/mol. The first kappa shape index (κ1) is 67.2. The van der Waals surface area contributed by atoms with Crippen molar-refractivity contribution in [1.29, 1.82) is 0 Å². The van der Waals surface area contributed by atoms with Crippen molar-refractivity contribution in [3.63, 3.8) is 0 Å². The summed E-state index contributed by atoms with van der Waals surface area (Å²) in [5.74, 6) is -9.63. The van der Waals surface area contributed by atoms with Crippen molar-refractivity contribution >= 4 is 76.3 Å². The second-order valence-corrected chi connectivity index (χ2v) is 20.1. The van der Waals surface area contributed by atoms with E-state index in [1.165, 1.54) is 0 Å². The number of unbranched alkanes of at least 4 members (excludes halogenated alkanes) is 3. The molecule has 1 aromatic heterocycles. The molecule has 1 aliphatic rings. The molecule has 0 radical (unpaired) electrons. The number of rotatable bonds is 34. The number of benzene rings is 2. The smallest absolute Gasteiger partial charge is 0.326 e. The van der Waals surface area contributed by atoms with E-state index in [1.807, 2.05) is 30.3 Å². The molecule has 0 bridgehead atoms. The Morgan fingerprint density at radius 3 is 1.64 bits per heavy atom. The molecule has 5 amide bonds. The van der Waals surface area contributed by atoms with Gasteiger partial charge in [-0.15, -0.1) is 0 Å². The van der Waals surface area contributed by atoms with Crippen LogP contribution in [-0.2, 0) is 56.2 Å². The number of carbonyl (C=O) groups is 11. The van der Waals surface area contributed by atoms with Gasteiger partial charge in [0.15, 0.2) is 0 Å². The van der Waals surface area contributed by atoms with Gasteiger partial charge in [-0.3, -0.25) is 62.9 Å². The molecule has 1 aliphatic heterocycles. The molecule has 0 saturated carbocycles. The lowest BCUT2D eigenvalue weighted by atomic mass is 10.1. The Bertz CT molecular complexity index is 2660. The van der Waals surface area contributed by atoms with Gasteiger partial charge >= 0.3 is 47.8 Å². The number of carbonyl (C=O) groups excluding carboxylic acids is 4. The number of urea groups is 1. The number of aromatic nitrogens is 1. The van der Waals surface area contributed by atoms with Gasteiger partial charge in [-0.05, 0) is 67.7 Å². The maximum atomic E-state index is 14.1. The molecule has 28 heteroatoms. The van der Waals surface area contributed by atoms with Crippen molar-refractivity contribution in [2.75, 3.05) is 85.1 Å². The summed E-state index contributed by atoms with van der Waals surface area (Å²) in [7, 11) is 0. The molecule has 0 spiro atoms. The number of nitrogens with zero attached hydrogens (tertiary/aromatic N) is 6. The van der Waals surface area contributed by atoms with Crippen molar-refractivity contribution in [3.8, 4) is 0 Å². The molecule has 1 fully saturated rings. The lowest BCUT2D eigenvalue weighted by Crippen LogP contribution is -2.52. The number of hydrogen-bond donors (Lipinski definition) is 11. The first-order valence-corrected chi connectivity index (χ1v) is 27.4. The molecule has 2 aromatic carbocycles. The third kappa shape index (κ3) is 25.6. The minimum atomic E-state index is -1.54. The molecule has 0 aliphatic carbocycles. The van der Waals surface area contributed by atoms with Gasteiger partial charge < -0.3 is 61.9 Å². The van der Waals surface area contributed by atoms with E-state index < -0.39 is 84.7 Å². The Labute approximate surface area is 478 Å². The molecular formula is C55H76N10O18. The molecule has 1 unspecified atom stereocenters. The number of aliphatic carboxylic acids is 7. The van der Waals surface area contributed by atoms with Gasteiger partial charge in [-0.2, -0.15) is 0 Å². The number of nitrogens with one attached hydrogen (secondary N) is 4. The van der Waals surface area contributed by atoms with Gasteiger partial charge in [0.2, 0.25) is 11.8 Å². The molecular weight excluding hydrogens is 1090 g/mol. The molecule has 11 N–H and O–H groups in total. The van der Waals surface area contributed by atoms with Crippen LogP contribution in [0.4, 0.5) is 4.79 Å². The highest BCUT2D eigenvalue weighted by atomic mass is 16.4. The summed E-state index contributed by atoms with van der Waals surface area (Å²) >= 11 is 0. The number of hydrogen-bond acceptors (Lipinski definition) is 16. The quantitative estimate of drug-likeness (QED) is 0.0373. The van der Waals surface area contributed by atoms with Crippen molar-refractivity contribution in [2.24, 2.45) is 0 Å². The van der Waals surface area contributed by atoms with Crippen LogP contribution in [0.5, 0.6) is 0 Å². The Morgan fingerprint density at radius 1 is 0.530 bits per heavy atom. The number of amides is 5. The van der Waals surface area contributed by atoms with Crippen molar-refractivity contribution in [1.82, 2.24) is 50.8 Å². The number of carboxylic acid groups (broad SMARTS) is 7. The summed E-state index contributed by atoms with van der Waals surface area (Å²) in [6.45, 7) is 0.719. The van der Waals surface area contributed by atoms with Gasteiger partial charge in [0.05, 0.1) is 31.9 Å². The zero-order chi connectivity index (χ0) is 60.8. The van der Waals surface area contributed by atoms with E-state index in [9.17, 15) is 83.4 Å². The van der Waals surface area contributed by atoms with Gasteiger partial charge in [0.1, 0.15) is 18.1 Å². The molecule has 4 rings (SSSR count). The Hall–Kier alpha value is -8.34. The van der Waals surface area contributed by atoms with E-state index in [2.05, 4.69) is 26.3 Å². The number of carboxylic acids is 7. The number of pyridine rings is 1. The molecule has 3 aromatic rings. The van der Waals surface area contributed by atoms with Crippen LogP contribution >= 0.6 is 0 Å². The van der Waals surface area contributed by atoms with Crippen LogP contribution in [0.1, 0.15) is 92.2 Å². The van der Waals surface area contributed by atoms with Gasteiger partial charge in [0.25, 0.3) is 5.91 Å². The maximum Gasteiger partial charge on any atom is 0.326 e. The van der Waals surface area contributed by atoms with Crippen LogP contribution in [0, 0.1) is 0 Å². The summed E-state index contributed by atoms with van der Waals surface area (Å²) < 4.78 is 0. The van der Waals surface area contributed by atoms with E-state index in [1.54, 1.807) is 55.0 Å². The van der Waals surface area contributed by atoms with E-state index >= 15 is 0 Å². The highest BCUT2D eigenvalue weighted by Gasteiger charge is 2.30.